The van der Waals surface area contributed by atoms with Gasteiger partial charge in [0.1, 0.15) is 17.6 Å². The number of halogens is 2. The van der Waals surface area contributed by atoms with Crippen molar-refractivity contribution in [3.63, 3.8) is 0 Å². The van der Waals surface area contributed by atoms with Crippen LogP contribution in [0.5, 0.6) is 5.75 Å². The second-order valence-electron chi connectivity index (χ2n) is 7.21. The Morgan fingerprint density at radius 3 is 2.28 bits per heavy atom. The van der Waals surface area contributed by atoms with Crippen molar-refractivity contribution in [2.45, 2.75) is 33.4 Å². The third kappa shape index (κ3) is 7.49. The molecule has 156 valence electrons. The van der Waals surface area contributed by atoms with Crippen LogP contribution in [-0.2, 0) is 16.1 Å². The van der Waals surface area contributed by atoms with Gasteiger partial charge in [-0.1, -0.05) is 41.9 Å². The number of hydrogen-bond donors (Lipinski definition) is 1. The topological polar surface area (TPSA) is 58.6 Å². The van der Waals surface area contributed by atoms with Gasteiger partial charge in [0, 0.05) is 17.6 Å². The van der Waals surface area contributed by atoms with Crippen molar-refractivity contribution in [2.24, 2.45) is 5.92 Å². The maximum atomic E-state index is 13.0. The van der Waals surface area contributed by atoms with Crippen LogP contribution in [0.15, 0.2) is 53.0 Å². The lowest BCUT2D eigenvalue weighted by molar-refractivity contribution is -0.142. The van der Waals surface area contributed by atoms with Crippen LogP contribution in [0, 0.1) is 11.7 Å². The molecule has 2 amide bonds. The molecule has 0 aliphatic heterocycles. The molecule has 5 nitrogen and oxygen atoms in total. The van der Waals surface area contributed by atoms with Gasteiger partial charge in [0.05, 0.1) is 0 Å². The average molecular weight is 465 g/mol. The highest BCUT2D eigenvalue weighted by Crippen LogP contribution is 2.16. The number of carbonyl (C=O) groups is 2. The summed E-state index contributed by atoms with van der Waals surface area (Å²) in [5.74, 6) is -0.227. The van der Waals surface area contributed by atoms with Gasteiger partial charge in [-0.15, -0.1) is 0 Å². The largest absolute Gasteiger partial charge is 0.484 e. The summed E-state index contributed by atoms with van der Waals surface area (Å²) >= 11 is 3.39. The van der Waals surface area contributed by atoms with E-state index in [-0.39, 0.29) is 30.8 Å². The Kier molecular flexibility index (Phi) is 8.64. The molecule has 2 aromatic carbocycles. The number of benzene rings is 2. The summed E-state index contributed by atoms with van der Waals surface area (Å²) in [6, 6.07) is 12.3. The molecule has 0 saturated carbocycles. The highest BCUT2D eigenvalue weighted by Gasteiger charge is 2.26. The maximum absolute atomic E-state index is 13.0. The van der Waals surface area contributed by atoms with E-state index in [1.165, 1.54) is 29.2 Å². The maximum Gasteiger partial charge on any atom is 0.261 e. The molecule has 0 aromatic heterocycles. The quantitative estimate of drug-likeness (QED) is 0.605. The molecule has 1 atom stereocenters. The van der Waals surface area contributed by atoms with Gasteiger partial charge in [-0.2, -0.15) is 0 Å². The fourth-order valence-corrected chi connectivity index (χ4v) is 2.84. The van der Waals surface area contributed by atoms with E-state index >= 15 is 0 Å². The molecule has 0 unspecified atom stereocenters. The number of nitrogens with one attached hydrogen (secondary N) is 1. The molecular formula is C22H26BrFN2O3. The fourth-order valence-electron chi connectivity index (χ4n) is 2.58. The zero-order chi connectivity index (χ0) is 21.4. The first-order valence-electron chi connectivity index (χ1n) is 9.46. The second-order valence-corrected chi connectivity index (χ2v) is 8.12. The summed E-state index contributed by atoms with van der Waals surface area (Å²) in [7, 11) is 0. The zero-order valence-electron chi connectivity index (χ0n) is 16.8. The third-order valence-electron chi connectivity index (χ3n) is 4.29. The first-order chi connectivity index (χ1) is 13.8. The summed E-state index contributed by atoms with van der Waals surface area (Å²) < 4.78 is 19.5. The molecule has 0 aliphatic carbocycles. The molecule has 0 spiro atoms. The lowest BCUT2D eigenvalue weighted by Crippen LogP contribution is -2.49. The van der Waals surface area contributed by atoms with Crippen LogP contribution in [-0.4, -0.2) is 35.9 Å². The van der Waals surface area contributed by atoms with Gasteiger partial charge in [0.2, 0.25) is 5.91 Å². The molecule has 0 bridgehead atoms. The average Bonchev–Trinajstić information content (AvgIpc) is 2.70. The van der Waals surface area contributed by atoms with Gasteiger partial charge in [0.25, 0.3) is 5.91 Å². The van der Waals surface area contributed by atoms with Crippen LogP contribution in [0.25, 0.3) is 0 Å². The van der Waals surface area contributed by atoms with Crippen LogP contribution < -0.4 is 10.1 Å². The van der Waals surface area contributed by atoms with Gasteiger partial charge in [-0.3, -0.25) is 9.59 Å². The summed E-state index contributed by atoms with van der Waals surface area (Å²) in [5.41, 5.74) is 0.895. The molecule has 2 aromatic rings. The van der Waals surface area contributed by atoms with Gasteiger partial charge >= 0.3 is 0 Å². The number of nitrogens with zero attached hydrogens (tertiary/aromatic N) is 1. The number of ether oxygens (including phenoxy) is 1. The lowest BCUT2D eigenvalue weighted by atomic mass is 10.1. The van der Waals surface area contributed by atoms with Crippen molar-refractivity contribution >= 4 is 27.7 Å². The molecule has 0 saturated heterocycles. The standard InChI is InChI=1S/C22H26BrFN2O3/c1-15(2)12-25-22(28)16(3)26(13-17-4-6-18(23)7-5-17)21(27)14-29-20-10-8-19(24)9-11-20/h4-11,15-16H,12-14H2,1-3H3,(H,25,28)/t16-/m1/s1. The summed E-state index contributed by atoms with van der Waals surface area (Å²) in [4.78, 5) is 26.9. The summed E-state index contributed by atoms with van der Waals surface area (Å²) in [6.07, 6.45) is 0. The Bertz CT molecular complexity index is 810. The van der Waals surface area contributed by atoms with Crippen LogP contribution in [0.3, 0.4) is 0 Å². The molecule has 7 heteroatoms. The molecule has 0 radical (unpaired) electrons. The van der Waals surface area contributed by atoms with Crippen molar-refractivity contribution in [3.05, 3.63) is 64.4 Å². The molecule has 29 heavy (non-hydrogen) atoms. The minimum absolute atomic E-state index is 0.217. The molecule has 0 heterocycles. The first kappa shape index (κ1) is 22.9. The monoisotopic (exact) mass is 464 g/mol. The Morgan fingerprint density at radius 1 is 1.07 bits per heavy atom. The van der Waals surface area contributed by atoms with Gasteiger partial charge < -0.3 is 15.0 Å². The zero-order valence-corrected chi connectivity index (χ0v) is 18.4. The van der Waals surface area contributed by atoms with Crippen LogP contribution in [0.4, 0.5) is 4.39 Å². The van der Waals surface area contributed by atoms with Crippen LogP contribution >= 0.6 is 15.9 Å². The second kappa shape index (κ2) is 11.0. The Hall–Kier alpha value is -2.41. The van der Waals surface area contributed by atoms with E-state index in [1.54, 1.807) is 6.92 Å². The van der Waals surface area contributed by atoms with E-state index in [9.17, 15) is 14.0 Å². The van der Waals surface area contributed by atoms with Crippen molar-refractivity contribution in [3.8, 4) is 5.75 Å². The Labute approximate surface area is 179 Å². The first-order valence-corrected chi connectivity index (χ1v) is 10.3. The Balaban J connectivity index is 2.10. The Morgan fingerprint density at radius 2 is 1.69 bits per heavy atom. The highest BCUT2D eigenvalue weighted by atomic mass is 79.9. The smallest absolute Gasteiger partial charge is 0.261 e. The van der Waals surface area contributed by atoms with Crippen molar-refractivity contribution in [1.82, 2.24) is 10.2 Å². The van der Waals surface area contributed by atoms with Crippen molar-refractivity contribution in [2.75, 3.05) is 13.2 Å². The van der Waals surface area contributed by atoms with Gasteiger partial charge in [-0.25, -0.2) is 4.39 Å². The summed E-state index contributed by atoms with van der Waals surface area (Å²) in [5, 5.41) is 2.87. The number of carbonyl (C=O) groups excluding carboxylic acids is 2. The van der Waals surface area contributed by atoms with Gasteiger partial charge in [0.15, 0.2) is 6.61 Å². The van der Waals surface area contributed by atoms with E-state index in [1.807, 2.05) is 38.1 Å². The fraction of sp³-hybridized carbons (Fsp3) is 0.364. The minimum atomic E-state index is -0.665. The SMILES string of the molecule is CC(C)CNC(=O)[C@@H](C)N(Cc1ccc(Br)cc1)C(=O)COc1ccc(F)cc1. The van der Waals surface area contributed by atoms with E-state index in [2.05, 4.69) is 21.2 Å². The third-order valence-corrected chi connectivity index (χ3v) is 4.82. The number of hydrogen-bond acceptors (Lipinski definition) is 3. The minimum Gasteiger partial charge on any atom is -0.484 e. The van der Waals surface area contributed by atoms with Crippen molar-refractivity contribution in [1.29, 1.82) is 0 Å². The van der Waals surface area contributed by atoms with E-state index < -0.39 is 6.04 Å². The lowest BCUT2D eigenvalue weighted by Gasteiger charge is -2.29. The molecule has 0 aliphatic rings. The molecule has 0 fully saturated rings. The number of amides is 2. The molecule has 1 N–H and O–H groups in total. The number of rotatable bonds is 9. The highest BCUT2D eigenvalue weighted by molar-refractivity contribution is 9.10. The van der Waals surface area contributed by atoms with E-state index in [4.69, 9.17) is 4.74 Å². The van der Waals surface area contributed by atoms with Crippen LogP contribution in [0.2, 0.25) is 0 Å². The van der Waals surface area contributed by atoms with Crippen LogP contribution in [0.1, 0.15) is 26.3 Å². The molecule has 2 rings (SSSR count). The van der Waals surface area contributed by atoms with E-state index in [0.29, 0.717) is 18.2 Å². The predicted octanol–water partition coefficient (Wildman–Crippen LogP) is 4.16. The summed E-state index contributed by atoms with van der Waals surface area (Å²) in [6.45, 7) is 6.28. The predicted molar refractivity (Wildman–Crippen MR) is 114 cm³/mol. The normalized spacial score (nSPS) is 11.8. The van der Waals surface area contributed by atoms with Gasteiger partial charge in [-0.05, 0) is 54.8 Å². The van der Waals surface area contributed by atoms with Crippen molar-refractivity contribution < 1.29 is 18.7 Å². The van der Waals surface area contributed by atoms with E-state index in [0.717, 1.165) is 10.0 Å². The molecular weight excluding hydrogens is 439 g/mol.